The van der Waals surface area contributed by atoms with Gasteiger partial charge in [-0.15, -0.1) is 0 Å². The lowest BCUT2D eigenvalue weighted by Gasteiger charge is -2.30. The molecule has 0 spiro atoms. The van der Waals surface area contributed by atoms with Gasteiger partial charge in [0.2, 0.25) is 0 Å². The summed E-state index contributed by atoms with van der Waals surface area (Å²) < 4.78 is 8.75. The minimum atomic E-state index is -0.524. The standard InChI is InChI=1S/C34H23BrN4O6S/c35-28-16-21(10-15-29(28)45-19-20-8-12-24(13-9-20)38(41)42)17-30-33(40)37-32(23-5-3-6-25(18-23)39(43)44)27-14-11-22-4-1-2-7-26(22)31(27)36-34(37)46-30/h1-10,12-13,15-18,32H,11,14,19H2/b30-17+/t32-/m1/s1. The zero-order valence-corrected chi connectivity index (χ0v) is 26.4. The Labute approximate surface area is 273 Å². The lowest BCUT2D eigenvalue weighted by molar-refractivity contribution is -0.385. The Kier molecular flexibility index (Phi) is 7.67. The molecule has 0 unspecified atom stereocenters. The predicted molar refractivity (Wildman–Crippen MR) is 177 cm³/mol. The van der Waals surface area contributed by atoms with Gasteiger partial charge in [0.15, 0.2) is 4.80 Å². The minimum Gasteiger partial charge on any atom is -0.488 e. The van der Waals surface area contributed by atoms with E-state index in [0.717, 1.165) is 34.4 Å². The Balaban J connectivity index is 1.27. The first-order chi connectivity index (χ1) is 22.3. The van der Waals surface area contributed by atoms with Crippen LogP contribution in [0.25, 0.3) is 11.8 Å². The number of non-ortho nitro benzene ring substituents is 2. The van der Waals surface area contributed by atoms with Gasteiger partial charge in [0.25, 0.3) is 16.9 Å². The van der Waals surface area contributed by atoms with Gasteiger partial charge in [0, 0.05) is 29.8 Å². The Morgan fingerprint density at radius 3 is 2.48 bits per heavy atom. The van der Waals surface area contributed by atoms with Gasteiger partial charge >= 0.3 is 0 Å². The first-order valence-electron chi connectivity index (χ1n) is 14.3. The molecule has 0 bridgehead atoms. The number of nitrogens with zero attached hydrogens (tertiary/aromatic N) is 4. The van der Waals surface area contributed by atoms with E-state index in [1.165, 1.54) is 35.1 Å². The Hall–Kier alpha value is -5.20. The van der Waals surface area contributed by atoms with Gasteiger partial charge in [-0.3, -0.25) is 29.6 Å². The van der Waals surface area contributed by atoms with Gasteiger partial charge in [0.1, 0.15) is 12.4 Å². The van der Waals surface area contributed by atoms with Gasteiger partial charge in [-0.25, -0.2) is 4.99 Å². The Morgan fingerprint density at radius 2 is 1.72 bits per heavy atom. The molecule has 228 valence electrons. The fourth-order valence-electron chi connectivity index (χ4n) is 5.88. The number of fused-ring (bicyclic) bond motifs is 3. The third-order valence-corrected chi connectivity index (χ3v) is 9.67. The number of benzene rings is 4. The highest BCUT2D eigenvalue weighted by molar-refractivity contribution is 9.10. The number of nitro benzene ring substituents is 2. The Bertz CT molecular complexity index is 2280. The van der Waals surface area contributed by atoms with E-state index < -0.39 is 15.9 Å². The summed E-state index contributed by atoms with van der Waals surface area (Å²) in [5.74, 6) is 0.578. The van der Waals surface area contributed by atoms with Gasteiger partial charge in [0.05, 0.1) is 30.6 Å². The van der Waals surface area contributed by atoms with Crippen molar-refractivity contribution >= 4 is 50.4 Å². The molecule has 1 aliphatic carbocycles. The van der Waals surface area contributed by atoms with Crippen LogP contribution in [-0.4, -0.2) is 14.4 Å². The van der Waals surface area contributed by atoms with Gasteiger partial charge in [-0.2, -0.15) is 0 Å². The molecule has 0 saturated heterocycles. The normalized spacial score (nSPS) is 15.4. The molecule has 1 aliphatic heterocycles. The van der Waals surface area contributed by atoms with Crippen molar-refractivity contribution in [3.8, 4) is 5.75 Å². The van der Waals surface area contributed by atoms with Crippen LogP contribution in [0.5, 0.6) is 5.75 Å². The maximum absolute atomic E-state index is 14.1. The Morgan fingerprint density at radius 1 is 0.935 bits per heavy atom. The number of nitro groups is 2. The summed E-state index contributed by atoms with van der Waals surface area (Å²) in [5, 5.41) is 22.6. The van der Waals surface area contributed by atoms with E-state index in [-0.39, 0.29) is 23.5 Å². The van der Waals surface area contributed by atoms with Gasteiger partial charge in [-0.05, 0) is 86.9 Å². The molecule has 5 aromatic rings. The summed E-state index contributed by atoms with van der Waals surface area (Å²) >= 11 is 4.84. The molecule has 4 aromatic carbocycles. The number of aryl methyl sites for hydroxylation is 1. The van der Waals surface area contributed by atoms with Crippen molar-refractivity contribution < 1.29 is 14.6 Å². The predicted octanol–water partition coefficient (Wildman–Crippen LogP) is 6.48. The number of ether oxygens (including phenoxy) is 1. The van der Waals surface area contributed by atoms with E-state index in [9.17, 15) is 25.0 Å². The molecule has 0 fully saturated rings. The van der Waals surface area contributed by atoms with Crippen LogP contribution in [0.1, 0.15) is 40.3 Å². The van der Waals surface area contributed by atoms with Crippen LogP contribution in [0.4, 0.5) is 11.4 Å². The second-order valence-corrected chi connectivity index (χ2v) is 12.7. The first-order valence-corrected chi connectivity index (χ1v) is 15.9. The molecule has 7 rings (SSSR count). The summed E-state index contributed by atoms with van der Waals surface area (Å²) in [4.78, 5) is 41.3. The van der Waals surface area contributed by atoms with Gasteiger partial charge in [-0.1, -0.05) is 53.8 Å². The van der Waals surface area contributed by atoms with Crippen LogP contribution >= 0.6 is 27.3 Å². The smallest absolute Gasteiger partial charge is 0.271 e. The van der Waals surface area contributed by atoms with Crippen LogP contribution in [0, 0.1) is 20.2 Å². The highest BCUT2D eigenvalue weighted by Crippen LogP contribution is 2.41. The topological polar surface area (TPSA) is 130 Å². The fraction of sp³-hybridized carbons (Fsp3) is 0.118. The summed E-state index contributed by atoms with van der Waals surface area (Å²) in [6, 6.07) is 25.7. The number of hydrogen-bond acceptors (Lipinski definition) is 8. The van der Waals surface area contributed by atoms with E-state index in [1.54, 1.807) is 41.0 Å². The number of hydrogen-bond donors (Lipinski definition) is 0. The molecule has 0 N–H and O–H groups in total. The summed E-state index contributed by atoms with van der Waals surface area (Å²) in [6.07, 6.45) is 3.27. The number of thiazole rings is 1. The molecule has 1 aromatic heterocycles. The van der Waals surface area contributed by atoms with Crippen molar-refractivity contribution in [2.75, 3.05) is 0 Å². The molecular weight excluding hydrogens is 672 g/mol. The number of aromatic nitrogens is 1. The second-order valence-electron chi connectivity index (χ2n) is 10.9. The molecular formula is C34H23BrN4O6S. The quantitative estimate of drug-likeness (QED) is 0.142. The molecule has 0 radical (unpaired) electrons. The minimum absolute atomic E-state index is 0.0148. The van der Waals surface area contributed by atoms with Crippen molar-refractivity contribution in [3.63, 3.8) is 0 Å². The highest BCUT2D eigenvalue weighted by atomic mass is 79.9. The van der Waals surface area contributed by atoms with Crippen LogP contribution in [0.2, 0.25) is 0 Å². The van der Waals surface area contributed by atoms with Crippen molar-refractivity contribution in [2.45, 2.75) is 25.5 Å². The average Bonchev–Trinajstić information content (AvgIpc) is 3.37. The second kappa shape index (κ2) is 12.0. The maximum Gasteiger partial charge on any atom is 0.271 e. The van der Waals surface area contributed by atoms with E-state index >= 15 is 0 Å². The number of rotatable bonds is 7. The summed E-state index contributed by atoms with van der Waals surface area (Å²) in [7, 11) is 0. The van der Waals surface area contributed by atoms with Crippen molar-refractivity contribution in [2.24, 2.45) is 4.99 Å². The monoisotopic (exact) mass is 694 g/mol. The van der Waals surface area contributed by atoms with Crippen LogP contribution in [0.3, 0.4) is 0 Å². The van der Waals surface area contributed by atoms with E-state index in [4.69, 9.17) is 9.73 Å². The lowest BCUT2D eigenvalue weighted by Crippen LogP contribution is -2.38. The molecule has 12 heteroatoms. The molecule has 0 amide bonds. The SMILES string of the molecule is O=c1/c(=C\c2ccc(OCc3ccc([N+](=O)[O-])cc3)c(Br)c2)sc2n1[C@H](c1cccc([N+](=O)[O-])c1)C1=C(N=2)c2ccccc2CC1. The van der Waals surface area contributed by atoms with Crippen molar-refractivity contribution in [1.82, 2.24) is 4.57 Å². The molecule has 1 atom stereocenters. The fourth-order valence-corrected chi connectivity index (χ4v) is 7.39. The maximum atomic E-state index is 14.1. The molecule has 46 heavy (non-hydrogen) atoms. The highest BCUT2D eigenvalue weighted by Gasteiger charge is 2.33. The summed E-state index contributed by atoms with van der Waals surface area (Å²) in [5.41, 5.74) is 5.97. The zero-order chi connectivity index (χ0) is 31.9. The number of allylic oxidation sites excluding steroid dienone is 1. The first kappa shape index (κ1) is 29.5. The lowest BCUT2D eigenvalue weighted by atomic mass is 9.83. The molecule has 0 saturated carbocycles. The van der Waals surface area contributed by atoms with Crippen LogP contribution in [-0.2, 0) is 13.0 Å². The average molecular weight is 696 g/mol. The third-order valence-electron chi connectivity index (χ3n) is 8.06. The number of halogens is 1. The van der Waals surface area contributed by atoms with Crippen molar-refractivity contribution in [3.05, 3.63) is 169 Å². The van der Waals surface area contributed by atoms with E-state index in [1.807, 2.05) is 36.4 Å². The third kappa shape index (κ3) is 5.46. The van der Waals surface area contributed by atoms with Gasteiger partial charge < -0.3 is 4.74 Å². The molecule has 10 nitrogen and oxygen atoms in total. The molecule has 2 heterocycles. The zero-order valence-electron chi connectivity index (χ0n) is 24.0. The van der Waals surface area contributed by atoms with Crippen LogP contribution < -0.4 is 19.6 Å². The van der Waals surface area contributed by atoms with E-state index in [0.29, 0.717) is 31.5 Å². The van der Waals surface area contributed by atoms with Crippen LogP contribution in [0.15, 0.2) is 111 Å². The van der Waals surface area contributed by atoms with Crippen molar-refractivity contribution in [1.29, 1.82) is 0 Å². The molecule has 2 aliphatic rings. The largest absolute Gasteiger partial charge is 0.488 e. The summed E-state index contributed by atoms with van der Waals surface area (Å²) in [6.45, 7) is 0.222. The van der Waals surface area contributed by atoms with E-state index in [2.05, 4.69) is 22.0 Å².